The van der Waals surface area contributed by atoms with E-state index >= 15 is 0 Å². The Kier molecular flexibility index (Phi) is 4.24. The molecular weight excluding hydrogens is 328 g/mol. The number of sulfonamides is 1. The van der Waals surface area contributed by atoms with Crippen LogP contribution in [0.4, 0.5) is 22.7 Å². The SMILES string of the molecule is NS(=O)(=O)c1ccc(Nc2ccc([N+](=O)[O-])cc2[N+](=O)[O-])cc1. The van der Waals surface area contributed by atoms with Crippen molar-refractivity contribution >= 4 is 32.8 Å². The molecule has 0 unspecified atom stereocenters. The standard InChI is InChI=1S/C12H10N4O6S/c13-23(21,22)10-4-1-8(2-5-10)14-11-6-3-9(15(17)18)7-12(11)16(19)20/h1-7,14H,(H2,13,21,22). The van der Waals surface area contributed by atoms with Crippen molar-refractivity contribution in [3.63, 3.8) is 0 Å². The first-order valence-electron chi connectivity index (χ1n) is 6.01. The van der Waals surface area contributed by atoms with E-state index in [1.54, 1.807) is 0 Å². The van der Waals surface area contributed by atoms with Crippen molar-refractivity contribution in [3.8, 4) is 0 Å². The predicted molar refractivity (Wildman–Crippen MR) is 80.8 cm³/mol. The summed E-state index contributed by atoms with van der Waals surface area (Å²) in [5.41, 5.74) is -0.500. The third kappa shape index (κ3) is 3.78. The van der Waals surface area contributed by atoms with Gasteiger partial charge in [-0.3, -0.25) is 20.2 Å². The summed E-state index contributed by atoms with van der Waals surface area (Å²) >= 11 is 0. The van der Waals surface area contributed by atoms with Crippen molar-refractivity contribution in [1.82, 2.24) is 0 Å². The molecule has 0 atom stereocenters. The van der Waals surface area contributed by atoms with Gasteiger partial charge in [0.15, 0.2) is 0 Å². The van der Waals surface area contributed by atoms with Crippen LogP contribution in [0.1, 0.15) is 0 Å². The molecular formula is C12H10N4O6S. The molecule has 0 aliphatic rings. The molecule has 10 nitrogen and oxygen atoms in total. The van der Waals surface area contributed by atoms with Crippen LogP contribution in [0.3, 0.4) is 0 Å². The van der Waals surface area contributed by atoms with Crippen LogP contribution in [0, 0.1) is 20.2 Å². The van der Waals surface area contributed by atoms with Crippen LogP contribution in [0.5, 0.6) is 0 Å². The highest BCUT2D eigenvalue weighted by Gasteiger charge is 2.19. The van der Waals surface area contributed by atoms with Gasteiger partial charge in [-0.2, -0.15) is 0 Å². The minimum atomic E-state index is -3.84. The van der Waals surface area contributed by atoms with E-state index in [0.717, 1.165) is 12.1 Å². The number of nitrogens with two attached hydrogens (primary N) is 1. The van der Waals surface area contributed by atoms with Crippen LogP contribution in [0.25, 0.3) is 0 Å². The molecule has 0 amide bonds. The summed E-state index contributed by atoms with van der Waals surface area (Å²) in [6.07, 6.45) is 0. The van der Waals surface area contributed by atoms with Crippen LogP contribution in [-0.4, -0.2) is 18.3 Å². The van der Waals surface area contributed by atoms with Crippen molar-refractivity contribution in [2.75, 3.05) is 5.32 Å². The molecule has 2 aromatic rings. The maximum absolute atomic E-state index is 11.2. The van der Waals surface area contributed by atoms with Crippen molar-refractivity contribution in [3.05, 3.63) is 62.7 Å². The molecule has 23 heavy (non-hydrogen) atoms. The Balaban J connectivity index is 2.36. The second-order valence-electron chi connectivity index (χ2n) is 4.41. The summed E-state index contributed by atoms with van der Waals surface area (Å²) in [5, 5.41) is 29.4. The largest absolute Gasteiger partial charge is 0.350 e. The Bertz CT molecular complexity index is 879. The Morgan fingerprint density at radius 1 is 0.957 bits per heavy atom. The highest BCUT2D eigenvalue weighted by molar-refractivity contribution is 7.89. The average Bonchev–Trinajstić information content (AvgIpc) is 2.46. The predicted octanol–water partition coefficient (Wildman–Crippen LogP) is 1.89. The number of hydrogen-bond acceptors (Lipinski definition) is 7. The second kappa shape index (κ2) is 5.98. The van der Waals surface area contributed by atoms with Gasteiger partial charge < -0.3 is 5.32 Å². The Labute approximate surface area is 129 Å². The highest BCUT2D eigenvalue weighted by atomic mass is 32.2. The van der Waals surface area contributed by atoms with Gasteiger partial charge in [-0.15, -0.1) is 0 Å². The zero-order valence-corrected chi connectivity index (χ0v) is 12.2. The van der Waals surface area contributed by atoms with E-state index in [2.05, 4.69) is 5.32 Å². The summed E-state index contributed by atoms with van der Waals surface area (Å²) in [6.45, 7) is 0. The molecule has 0 fully saturated rings. The number of non-ortho nitro benzene ring substituents is 1. The van der Waals surface area contributed by atoms with Gasteiger partial charge in [-0.05, 0) is 30.3 Å². The molecule has 2 rings (SSSR count). The lowest BCUT2D eigenvalue weighted by Crippen LogP contribution is -2.11. The molecule has 120 valence electrons. The third-order valence-electron chi connectivity index (χ3n) is 2.85. The van der Waals surface area contributed by atoms with Crippen molar-refractivity contribution < 1.29 is 18.3 Å². The monoisotopic (exact) mass is 338 g/mol. The quantitative estimate of drug-likeness (QED) is 0.622. The lowest BCUT2D eigenvalue weighted by atomic mass is 10.2. The lowest BCUT2D eigenvalue weighted by Gasteiger charge is -2.07. The number of anilines is 2. The first-order valence-corrected chi connectivity index (χ1v) is 7.56. The maximum atomic E-state index is 11.2. The topological polar surface area (TPSA) is 158 Å². The first-order chi connectivity index (χ1) is 10.7. The van der Waals surface area contributed by atoms with Crippen molar-refractivity contribution in [2.24, 2.45) is 5.14 Å². The minimum absolute atomic E-state index is 0.0314. The van der Waals surface area contributed by atoms with Crippen LogP contribution in [0.2, 0.25) is 0 Å². The third-order valence-corrected chi connectivity index (χ3v) is 3.78. The summed E-state index contributed by atoms with van der Waals surface area (Å²) < 4.78 is 22.3. The zero-order valence-electron chi connectivity index (χ0n) is 11.4. The Morgan fingerprint density at radius 3 is 2.04 bits per heavy atom. The normalized spacial score (nSPS) is 11.0. The average molecular weight is 338 g/mol. The zero-order chi connectivity index (χ0) is 17.2. The Morgan fingerprint density at radius 2 is 1.57 bits per heavy atom. The number of benzene rings is 2. The van der Waals surface area contributed by atoms with Crippen LogP contribution >= 0.6 is 0 Å². The molecule has 0 aromatic heterocycles. The molecule has 0 saturated heterocycles. The van der Waals surface area contributed by atoms with E-state index in [1.165, 1.54) is 30.3 Å². The van der Waals surface area contributed by atoms with E-state index in [4.69, 9.17) is 5.14 Å². The van der Waals surface area contributed by atoms with Gasteiger partial charge in [0.25, 0.3) is 11.4 Å². The van der Waals surface area contributed by atoms with E-state index < -0.39 is 31.2 Å². The summed E-state index contributed by atoms with van der Waals surface area (Å²) in [5.74, 6) is 0. The fourth-order valence-corrected chi connectivity index (χ4v) is 2.29. The molecule has 0 saturated carbocycles. The highest BCUT2D eigenvalue weighted by Crippen LogP contribution is 2.31. The first kappa shape index (κ1) is 16.3. The minimum Gasteiger partial charge on any atom is -0.350 e. The van der Waals surface area contributed by atoms with Crippen molar-refractivity contribution in [1.29, 1.82) is 0 Å². The van der Waals surface area contributed by atoms with Gasteiger partial charge in [-0.25, -0.2) is 13.6 Å². The summed E-state index contributed by atoms with van der Waals surface area (Å²) in [7, 11) is -3.84. The summed E-state index contributed by atoms with van der Waals surface area (Å²) in [4.78, 5) is 20.1. The van der Waals surface area contributed by atoms with Gasteiger partial charge in [0.1, 0.15) is 5.69 Å². The molecule has 0 aliphatic carbocycles. The van der Waals surface area contributed by atoms with Gasteiger partial charge in [0.05, 0.1) is 20.8 Å². The molecule has 0 heterocycles. The number of nitrogens with one attached hydrogen (secondary N) is 1. The number of primary sulfonamides is 1. The van der Waals surface area contributed by atoms with Crippen LogP contribution in [-0.2, 0) is 10.0 Å². The smallest absolute Gasteiger partial charge is 0.299 e. The Hall–Kier alpha value is -3.05. The maximum Gasteiger partial charge on any atom is 0.299 e. The van der Waals surface area contributed by atoms with Crippen molar-refractivity contribution in [2.45, 2.75) is 4.90 Å². The number of hydrogen-bond donors (Lipinski definition) is 2. The second-order valence-corrected chi connectivity index (χ2v) is 5.97. The lowest BCUT2D eigenvalue weighted by molar-refractivity contribution is -0.393. The van der Waals surface area contributed by atoms with Crippen LogP contribution < -0.4 is 10.5 Å². The number of nitro benzene ring substituents is 2. The molecule has 2 aromatic carbocycles. The fraction of sp³-hybridized carbons (Fsp3) is 0. The van der Waals surface area contributed by atoms with E-state index in [1.807, 2.05) is 0 Å². The number of nitro groups is 2. The molecule has 0 spiro atoms. The number of nitrogens with zero attached hydrogens (tertiary/aromatic N) is 2. The van der Waals surface area contributed by atoms with Gasteiger partial charge in [-0.1, -0.05) is 0 Å². The van der Waals surface area contributed by atoms with Crippen LogP contribution in [0.15, 0.2) is 47.4 Å². The summed E-state index contributed by atoms with van der Waals surface area (Å²) in [6, 6.07) is 8.35. The van der Waals surface area contributed by atoms with E-state index in [-0.39, 0.29) is 10.6 Å². The van der Waals surface area contributed by atoms with Gasteiger partial charge >= 0.3 is 0 Å². The molecule has 11 heteroatoms. The molecule has 0 bridgehead atoms. The van der Waals surface area contributed by atoms with Gasteiger partial charge in [0, 0.05) is 11.8 Å². The fourth-order valence-electron chi connectivity index (χ4n) is 1.77. The molecule has 0 aliphatic heterocycles. The number of rotatable bonds is 5. The molecule has 0 radical (unpaired) electrons. The van der Waals surface area contributed by atoms with Gasteiger partial charge in [0.2, 0.25) is 10.0 Å². The van der Waals surface area contributed by atoms with E-state index in [9.17, 15) is 28.6 Å². The van der Waals surface area contributed by atoms with E-state index in [0.29, 0.717) is 5.69 Å². The molecule has 3 N–H and O–H groups in total.